The summed E-state index contributed by atoms with van der Waals surface area (Å²) in [6.07, 6.45) is -3.47. The SMILES string of the molecule is Cc1[nH]c(C(Nc2ccc3sc(C(F)(F)F)cc3n2)c2ccc(F)c(Cl)c2)nc1S(C)(=O)=O. The van der Waals surface area contributed by atoms with Crippen LogP contribution in [0.2, 0.25) is 5.02 Å². The van der Waals surface area contributed by atoms with E-state index in [4.69, 9.17) is 11.6 Å². The van der Waals surface area contributed by atoms with Gasteiger partial charge in [0.2, 0.25) is 0 Å². The number of H-pyrrole nitrogens is 1. The number of pyridine rings is 1. The van der Waals surface area contributed by atoms with Crippen molar-refractivity contribution < 1.29 is 26.0 Å². The third kappa shape index (κ3) is 4.82. The summed E-state index contributed by atoms with van der Waals surface area (Å²) < 4.78 is 77.3. The van der Waals surface area contributed by atoms with Crippen molar-refractivity contribution in [2.24, 2.45) is 0 Å². The molecule has 0 spiro atoms. The van der Waals surface area contributed by atoms with Gasteiger partial charge in [0.25, 0.3) is 0 Å². The maximum atomic E-state index is 13.7. The molecule has 0 aliphatic rings. The molecule has 1 aromatic carbocycles. The van der Waals surface area contributed by atoms with Crippen LogP contribution in [0.5, 0.6) is 0 Å². The van der Waals surface area contributed by atoms with Crippen LogP contribution in [0.1, 0.15) is 28.0 Å². The lowest BCUT2D eigenvalue weighted by Crippen LogP contribution is -2.15. The second-order valence-corrected chi connectivity index (χ2v) is 10.7. The highest BCUT2D eigenvalue weighted by Crippen LogP contribution is 2.38. The van der Waals surface area contributed by atoms with Crippen molar-refractivity contribution in [3.63, 3.8) is 0 Å². The average molecular weight is 519 g/mol. The monoisotopic (exact) mass is 518 g/mol. The number of thiophene rings is 1. The number of sulfone groups is 1. The van der Waals surface area contributed by atoms with Gasteiger partial charge in [-0.05, 0) is 42.8 Å². The molecule has 0 aliphatic carbocycles. The molecule has 4 aromatic rings. The molecule has 0 saturated heterocycles. The molecule has 0 bridgehead atoms. The van der Waals surface area contributed by atoms with Crippen LogP contribution in [0.3, 0.4) is 0 Å². The molecule has 33 heavy (non-hydrogen) atoms. The lowest BCUT2D eigenvalue weighted by atomic mass is 10.1. The molecule has 0 radical (unpaired) electrons. The highest BCUT2D eigenvalue weighted by atomic mass is 35.5. The lowest BCUT2D eigenvalue weighted by Gasteiger charge is -2.18. The van der Waals surface area contributed by atoms with Gasteiger partial charge in [-0.1, -0.05) is 17.7 Å². The molecule has 2 N–H and O–H groups in total. The molecular weight excluding hydrogens is 504 g/mol. The van der Waals surface area contributed by atoms with Crippen molar-refractivity contribution in [3.05, 3.63) is 69.2 Å². The van der Waals surface area contributed by atoms with Crippen molar-refractivity contribution in [2.75, 3.05) is 11.6 Å². The molecule has 13 heteroatoms. The fourth-order valence-electron chi connectivity index (χ4n) is 3.26. The Morgan fingerprint density at radius 1 is 1.15 bits per heavy atom. The molecule has 174 valence electrons. The van der Waals surface area contributed by atoms with Crippen LogP contribution in [0.15, 0.2) is 41.4 Å². The number of imidazole rings is 1. The molecule has 1 unspecified atom stereocenters. The number of fused-ring (bicyclic) bond motifs is 1. The van der Waals surface area contributed by atoms with Gasteiger partial charge in [-0.2, -0.15) is 13.2 Å². The Labute approximate surface area is 194 Å². The number of aryl methyl sites for hydroxylation is 1. The third-order valence-electron chi connectivity index (χ3n) is 4.71. The van der Waals surface area contributed by atoms with Crippen molar-refractivity contribution in [1.29, 1.82) is 0 Å². The maximum absolute atomic E-state index is 13.7. The van der Waals surface area contributed by atoms with Crippen LogP contribution in [0, 0.1) is 12.7 Å². The Balaban J connectivity index is 1.79. The summed E-state index contributed by atoms with van der Waals surface area (Å²) in [6, 6.07) is 7.00. The van der Waals surface area contributed by atoms with E-state index in [2.05, 4.69) is 20.3 Å². The molecule has 6 nitrogen and oxygen atoms in total. The summed E-state index contributed by atoms with van der Waals surface area (Å²) in [4.78, 5) is 10.6. The Morgan fingerprint density at radius 2 is 1.88 bits per heavy atom. The van der Waals surface area contributed by atoms with E-state index in [1.54, 1.807) is 0 Å². The quantitative estimate of drug-likeness (QED) is 0.329. The first kappa shape index (κ1) is 23.5. The predicted octanol–water partition coefficient (Wildman–Crippen LogP) is 5.74. The van der Waals surface area contributed by atoms with E-state index in [9.17, 15) is 26.0 Å². The summed E-state index contributed by atoms with van der Waals surface area (Å²) >= 11 is 6.51. The first-order chi connectivity index (χ1) is 15.3. The predicted molar refractivity (Wildman–Crippen MR) is 118 cm³/mol. The van der Waals surface area contributed by atoms with Crippen molar-refractivity contribution in [3.8, 4) is 0 Å². The Bertz CT molecular complexity index is 1460. The van der Waals surface area contributed by atoms with E-state index < -0.39 is 32.7 Å². The van der Waals surface area contributed by atoms with Crippen LogP contribution >= 0.6 is 22.9 Å². The molecule has 0 amide bonds. The highest BCUT2D eigenvalue weighted by Gasteiger charge is 2.33. The summed E-state index contributed by atoms with van der Waals surface area (Å²) in [5.41, 5.74) is 0.864. The number of hydrogen-bond donors (Lipinski definition) is 2. The standard InChI is InChI=1S/C20H15ClF4N4O2S2/c1-9-19(33(2,30)31)29-18(26-9)17(10-3-4-12(22)11(21)7-10)28-16-6-5-14-13(27-16)8-15(32-14)20(23,24)25/h3-8,17H,1-2H3,(H,26,29)(H,27,28). The molecular formula is C20H15ClF4N4O2S2. The lowest BCUT2D eigenvalue weighted by molar-refractivity contribution is -0.134. The fraction of sp³-hybridized carbons (Fsp3) is 0.200. The van der Waals surface area contributed by atoms with Gasteiger partial charge in [-0.3, -0.25) is 0 Å². The van der Waals surface area contributed by atoms with Crippen LogP contribution in [0.4, 0.5) is 23.4 Å². The van der Waals surface area contributed by atoms with Gasteiger partial charge in [-0.25, -0.2) is 22.8 Å². The van der Waals surface area contributed by atoms with E-state index >= 15 is 0 Å². The smallest absolute Gasteiger partial charge is 0.356 e. The van der Waals surface area contributed by atoms with Gasteiger partial charge in [0.15, 0.2) is 14.9 Å². The number of aromatic nitrogens is 3. The maximum Gasteiger partial charge on any atom is 0.425 e. The Kier molecular flexibility index (Phi) is 5.87. The van der Waals surface area contributed by atoms with E-state index in [-0.39, 0.29) is 27.2 Å². The highest BCUT2D eigenvalue weighted by molar-refractivity contribution is 7.90. The summed E-state index contributed by atoms with van der Waals surface area (Å²) in [5, 5.41) is 2.71. The van der Waals surface area contributed by atoms with E-state index in [0.717, 1.165) is 18.4 Å². The zero-order valence-corrected chi connectivity index (χ0v) is 19.3. The van der Waals surface area contributed by atoms with Gasteiger partial charge < -0.3 is 10.3 Å². The number of benzene rings is 1. The van der Waals surface area contributed by atoms with Crippen molar-refractivity contribution in [2.45, 2.75) is 24.2 Å². The zero-order chi connectivity index (χ0) is 24.1. The number of rotatable bonds is 5. The molecule has 0 aliphatic heterocycles. The second kappa shape index (κ2) is 8.26. The number of nitrogens with zero attached hydrogens (tertiary/aromatic N) is 2. The second-order valence-electron chi connectivity index (χ2n) is 7.26. The minimum absolute atomic E-state index is 0.140. The first-order valence-electron chi connectivity index (χ1n) is 9.29. The van der Waals surface area contributed by atoms with Crippen LogP contribution < -0.4 is 5.32 Å². The zero-order valence-electron chi connectivity index (χ0n) is 17.0. The normalized spacial score (nSPS) is 13.4. The summed E-state index contributed by atoms with van der Waals surface area (Å²) in [7, 11) is -3.63. The van der Waals surface area contributed by atoms with Crippen LogP contribution in [-0.4, -0.2) is 29.6 Å². The van der Waals surface area contributed by atoms with Crippen LogP contribution in [0.25, 0.3) is 10.2 Å². The van der Waals surface area contributed by atoms with E-state index in [0.29, 0.717) is 27.3 Å². The summed E-state index contributed by atoms with van der Waals surface area (Å²) in [6.45, 7) is 1.54. The largest absolute Gasteiger partial charge is 0.425 e. The molecule has 0 fully saturated rings. The van der Waals surface area contributed by atoms with Crippen molar-refractivity contribution in [1.82, 2.24) is 15.0 Å². The minimum Gasteiger partial charge on any atom is -0.356 e. The topological polar surface area (TPSA) is 87.7 Å². The molecule has 0 saturated carbocycles. The molecule has 1 atom stereocenters. The number of halogens is 5. The summed E-state index contributed by atoms with van der Waals surface area (Å²) in [5.74, 6) is -0.266. The van der Waals surface area contributed by atoms with E-state index in [1.807, 2.05) is 0 Å². The Morgan fingerprint density at radius 3 is 2.48 bits per heavy atom. The van der Waals surface area contributed by atoms with Gasteiger partial charge in [0.05, 0.1) is 20.9 Å². The number of alkyl halides is 3. The van der Waals surface area contributed by atoms with Gasteiger partial charge in [-0.15, -0.1) is 11.3 Å². The van der Waals surface area contributed by atoms with Gasteiger partial charge in [0, 0.05) is 6.26 Å². The van der Waals surface area contributed by atoms with Crippen LogP contribution in [-0.2, 0) is 16.0 Å². The van der Waals surface area contributed by atoms with Gasteiger partial charge in [0.1, 0.15) is 28.4 Å². The Hall–Kier alpha value is -2.70. The molecule has 3 heterocycles. The third-order valence-corrected chi connectivity index (χ3v) is 7.23. The first-order valence-corrected chi connectivity index (χ1v) is 12.4. The number of aromatic amines is 1. The molecule has 3 aromatic heterocycles. The average Bonchev–Trinajstić information content (AvgIpc) is 3.31. The van der Waals surface area contributed by atoms with E-state index in [1.165, 1.54) is 31.2 Å². The number of nitrogens with one attached hydrogen (secondary N) is 2. The number of hydrogen-bond acceptors (Lipinski definition) is 6. The number of anilines is 1. The van der Waals surface area contributed by atoms with Gasteiger partial charge >= 0.3 is 6.18 Å². The minimum atomic E-state index is -4.49. The molecule has 4 rings (SSSR count). The fourth-order valence-corrected chi connectivity index (χ4v) is 5.19. The van der Waals surface area contributed by atoms with Crippen molar-refractivity contribution >= 4 is 48.8 Å².